The fourth-order valence-electron chi connectivity index (χ4n) is 0.549. The highest BCUT2D eigenvalue weighted by Crippen LogP contribution is 2.17. The van der Waals surface area contributed by atoms with Crippen LogP contribution in [-0.4, -0.2) is 26.5 Å². The highest BCUT2D eigenvalue weighted by Gasteiger charge is 2.22. The van der Waals surface area contributed by atoms with Crippen LogP contribution in [0.2, 0.25) is 0 Å². The zero-order valence-electron chi connectivity index (χ0n) is 5.08. The van der Waals surface area contributed by atoms with Crippen molar-refractivity contribution in [1.29, 1.82) is 0 Å². The van der Waals surface area contributed by atoms with Crippen molar-refractivity contribution in [3.05, 3.63) is 11.4 Å². The predicted molar refractivity (Wildman–Crippen MR) is 28.3 cm³/mol. The van der Waals surface area contributed by atoms with Crippen molar-refractivity contribution in [3.63, 3.8) is 0 Å². The summed E-state index contributed by atoms with van der Waals surface area (Å²) in [6.07, 6.45) is -2.92. The molecule has 0 aromatic carbocycles. The molecule has 0 atom stereocenters. The molecule has 0 saturated carbocycles. The molecule has 1 rings (SSSR count). The van der Waals surface area contributed by atoms with E-state index in [1.54, 1.807) is 5.21 Å². The molecule has 0 radical (unpaired) electrons. The monoisotopic (exact) mass is 163 g/mol. The number of aromatic carboxylic acids is 1. The Balaban J connectivity index is 3.06. The molecule has 1 heterocycles. The lowest BCUT2D eigenvalue weighted by Crippen LogP contribution is -2.01. The minimum Gasteiger partial charge on any atom is -0.476 e. The first kappa shape index (κ1) is 7.58. The third kappa shape index (κ3) is 1.31. The number of hydrogen-bond donors (Lipinski definition) is 2. The molecule has 0 unspecified atom stereocenters. The molecule has 5 nitrogen and oxygen atoms in total. The van der Waals surface area contributed by atoms with Crippen molar-refractivity contribution in [1.82, 2.24) is 15.4 Å². The molecular weight excluding hydrogens is 160 g/mol. The minimum atomic E-state index is -2.92. The number of hydrogen-bond acceptors (Lipinski definition) is 3. The molecule has 0 saturated heterocycles. The van der Waals surface area contributed by atoms with Crippen molar-refractivity contribution in [2.75, 3.05) is 0 Å². The minimum absolute atomic E-state index is 0.736. The second-order valence-electron chi connectivity index (χ2n) is 1.66. The van der Waals surface area contributed by atoms with Crippen LogP contribution in [0, 0.1) is 0 Å². The van der Waals surface area contributed by atoms with Gasteiger partial charge in [0.1, 0.15) is 0 Å². The van der Waals surface area contributed by atoms with Crippen molar-refractivity contribution in [3.8, 4) is 0 Å². The average molecular weight is 163 g/mol. The maximum absolute atomic E-state index is 11.8. The van der Waals surface area contributed by atoms with Gasteiger partial charge in [0, 0.05) is 0 Å². The summed E-state index contributed by atoms with van der Waals surface area (Å²) in [7, 11) is 0. The maximum Gasteiger partial charge on any atom is 0.358 e. The van der Waals surface area contributed by atoms with Crippen LogP contribution in [0.5, 0.6) is 0 Å². The van der Waals surface area contributed by atoms with Gasteiger partial charge < -0.3 is 5.11 Å². The molecule has 0 bridgehead atoms. The van der Waals surface area contributed by atoms with Gasteiger partial charge in [-0.1, -0.05) is 0 Å². The Kier molecular flexibility index (Phi) is 1.79. The first-order valence-corrected chi connectivity index (χ1v) is 2.55. The van der Waals surface area contributed by atoms with E-state index >= 15 is 0 Å². The van der Waals surface area contributed by atoms with Crippen LogP contribution in [0.25, 0.3) is 0 Å². The Bertz CT molecular complexity index is 272. The highest BCUT2D eigenvalue weighted by molar-refractivity contribution is 5.86. The highest BCUT2D eigenvalue weighted by atomic mass is 19.3. The molecule has 60 valence electrons. The van der Waals surface area contributed by atoms with Gasteiger partial charge in [0.05, 0.1) is 0 Å². The number of alkyl halides is 2. The van der Waals surface area contributed by atoms with Crippen LogP contribution in [0.3, 0.4) is 0 Å². The Labute approximate surface area is 59.0 Å². The fourth-order valence-corrected chi connectivity index (χ4v) is 0.549. The summed E-state index contributed by atoms with van der Waals surface area (Å²) < 4.78 is 23.7. The number of carbonyl (C=O) groups is 1. The van der Waals surface area contributed by atoms with Crippen molar-refractivity contribution in [2.45, 2.75) is 6.43 Å². The second-order valence-corrected chi connectivity index (χ2v) is 1.66. The quantitative estimate of drug-likeness (QED) is 0.662. The zero-order chi connectivity index (χ0) is 8.43. The molecule has 0 aliphatic rings. The van der Waals surface area contributed by atoms with Crippen LogP contribution in [0.15, 0.2) is 0 Å². The van der Waals surface area contributed by atoms with Crippen molar-refractivity contribution < 1.29 is 18.7 Å². The molecule has 1 aromatic heterocycles. The van der Waals surface area contributed by atoms with E-state index in [0.717, 1.165) is 0 Å². The van der Waals surface area contributed by atoms with Gasteiger partial charge in [0.15, 0.2) is 11.4 Å². The number of nitrogens with one attached hydrogen (secondary N) is 1. The third-order valence-electron chi connectivity index (χ3n) is 0.984. The standard InChI is InChI=1S/C4H3F2N3O2/c5-3(6)1-2(4(10)11)8-9-7-1/h3H,(H,10,11)(H,7,8,9). The summed E-state index contributed by atoms with van der Waals surface area (Å²) in [6, 6.07) is 0. The summed E-state index contributed by atoms with van der Waals surface area (Å²) in [6.45, 7) is 0. The van der Waals surface area contributed by atoms with Crippen LogP contribution in [0.4, 0.5) is 8.78 Å². The lowest BCUT2D eigenvalue weighted by molar-refractivity contribution is 0.0677. The van der Waals surface area contributed by atoms with Gasteiger partial charge in [-0.05, 0) is 0 Å². The summed E-state index contributed by atoms with van der Waals surface area (Å²) in [5.41, 5.74) is -1.57. The van der Waals surface area contributed by atoms with Gasteiger partial charge in [-0.2, -0.15) is 10.3 Å². The number of rotatable bonds is 2. The van der Waals surface area contributed by atoms with E-state index in [1.165, 1.54) is 0 Å². The van der Waals surface area contributed by atoms with Gasteiger partial charge >= 0.3 is 5.97 Å². The van der Waals surface area contributed by atoms with Gasteiger partial charge in [0.2, 0.25) is 0 Å². The third-order valence-corrected chi connectivity index (χ3v) is 0.984. The van der Waals surface area contributed by atoms with E-state index in [1.807, 2.05) is 0 Å². The van der Waals surface area contributed by atoms with E-state index in [4.69, 9.17) is 5.11 Å². The van der Waals surface area contributed by atoms with Gasteiger partial charge in [0.25, 0.3) is 6.43 Å². The molecule has 2 N–H and O–H groups in total. The summed E-state index contributed by atoms with van der Waals surface area (Å²) in [4.78, 5) is 10.1. The molecule has 11 heavy (non-hydrogen) atoms. The number of aromatic nitrogens is 3. The van der Waals surface area contributed by atoms with Crippen LogP contribution >= 0.6 is 0 Å². The number of carboxylic acid groups (broad SMARTS) is 1. The molecule has 0 aliphatic heterocycles. The predicted octanol–water partition coefficient (Wildman–Crippen LogP) is 0.440. The molecule has 0 aliphatic carbocycles. The van der Waals surface area contributed by atoms with Crippen LogP contribution in [0.1, 0.15) is 22.6 Å². The number of H-pyrrole nitrogens is 1. The largest absolute Gasteiger partial charge is 0.476 e. The molecule has 7 heteroatoms. The van der Waals surface area contributed by atoms with Gasteiger partial charge in [-0.3, -0.25) is 0 Å². The Morgan fingerprint density at radius 1 is 1.55 bits per heavy atom. The SMILES string of the molecule is O=C(O)c1n[nH]nc1C(F)F. The molecule has 0 fully saturated rings. The van der Waals surface area contributed by atoms with Crippen LogP contribution in [-0.2, 0) is 0 Å². The zero-order valence-corrected chi connectivity index (χ0v) is 5.08. The van der Waals surface area contributed by atoms with E-state index in [2.05, 4.69) is 10.2 Å². The van der Waals surface area contributed by atoms with E-state index in [9.17, 15) is 13.6 Å². The molecule has 0 amide bonds. The van der Waals surface area contributed by atoms with Gasteiger partial charge in [-0.15, -0.1) is 5.10 Å². The summed E-state index contributed by atoms with van der Waals surface area (Å²) >= 11 is 0. The van der Waals surface area contributed by atoms with Crippen molar-refractivity contribution in [2.24, 2.45) is 0 Å². The topological polar surface area (TPSA) is 78.9 Å². The Hall–Kier alpha value is -1.53. The van der Waals surface area contributed by atoms with E-state index < -0.39 is 23.8 Å². The van der Waals surface area contributed by atoms with E-state index in [-0.39, 0.29) is 0 Å². The smallest absolute Gasteiger partial charge is 0.358 e. The fraction of sp³-hybridized carbons (Fsp3) is 0.250. The number of nitrogens with zero attached hydrogens (tertiary/aromatic N) is 2. The maximum atomic E-state index is 11.8. The number of aromatic amines is 1. The number of halogens is 2. The normalized spacial score (nSPS) is 10.5. The Morgan fingerprint density at radius 2 is 2.18 bits per heavy atom. The average Bonchev–Trinajstić information content (AvgIpc) is 2.32. The second kappa shape index (κ2) is 2.60. The van der Waals surface area contributed by atoms with E-state index in [0.29, 0.717) is 0 Å². The van der Waals surface area contributed by atoms with Gasteiger partial charge in [-0.25, -0.2) is 13.6 Å². The number of carboxylic acids is 1. The van der Waals surface area contributed by atoms with Crippen molar-refractivity contribution >= 4 is 5.97 Å². The van der Waals surface area contributed by atoms with Crippen LogP contribution < -0.4 is 0 Å². The molecule has 1 aromatic rings. The molecular formula is C4H3F2N3O2. The summed E-state index contributed by atoms with van der Waals surface area (Å²) in [5.74, 6) is -1.52. The Morgan fingerprint density at radius 3 is 2.55 bits per heavy atom. The first-order chi connectivity index (χ1) is 5.13. The lowest BCUT2D eigenvalue weighted by atomic mass is 10.3. The molecule has 0 spiro atoms. The lowest BCUT2D eigenvalue weighted by Gasteiger charge is -1.91. The summed E-state index contributed by atoms with van der Waals surface area (Å²) in [5, 5.41) is 16.0. The first-order valence-electron chi connectivity index (χ1n) is 2.55.